The average molecular weight is 443 g/mol. The summed E-state index contributed by atoms with van der Waals surface area (Å²) in [7, 11) is 1.64. The van der Waals surface area contributed by atoms with Gasteiger partial charge >= 0.3 is 6.18 Å². The molecule has 1 unspecified atom stereocenters. The molecule has 1 amide bonds. The van der Waals surface area contributed by atoms with E-state index in [0.717, 1.165) is 30.2 Å². The van der Waals surface area contributed by atoms with Crippen LogP contribution >= 0.6 is 0 Å². The van der Waals surface area contributed by atoms with Crippen molar-refractivity contribution in [3.8, 4) is 5.75 Å². The number of hydrogen-bond acceptors (Lipinski definition) is 3. The molecule has 1 saturated heterocycles. The highest BCUT2D eigenvalue weighted by atomic mass is 19.4. The lowest BCUT2D eigenvalue weighted by Gasteiger charge is -2.33. The van der Waals surface area contributed by atoms with Crippen LogP contribution in [-0.2, 0) is 12.7 Å². The minimum absolute atomic E-state index is 0.0341. The molecule has 2 aromatic carbocycles. The van der Waals surface area contributed by atoms with Crippen LogP contribution in [-0.4, -0.2) is 40.8 Å². The maximum atomic E-state index is 13.0. The number of benzene rings is 2. The Morgan fingerprint density at radius 2 is 1.81 bits per heavy atom. The summed E-state index contributed by atoms with van der Waals surface area (Å²) in [5.41, 5.74) is 1.62. The van der Waals surface area contributed by atoms with Crippen LogP contribution in [0.5, 0.6) is 5.75 Å². The van der Waals surface area contributed by atoms with E-state index in [9.17, 15) is 18.0 Å². The summed E-state index contributed by atoms with van der Waals surface area (Å²) in [6.45, 7) is 1.56. The fourth-order valence-electron chi connectivity index (χ4n) is 4.03. The summed E-state index contributed by atoms with van der Waals surface area (Å²) in [4.78, 5) is 14.9. The fourth-order valence-corrected chi connectivity index (χ4v) is 4.03. The van der Waals surface area contributed by atoms with Gasteiger partial charge in [-0.05, 0) is 54.3 Å². The molecule has 1 aliphatic heterocycles. The van der Waals surface area contributed by atoms with Crippen molar-refractivity contribution in [2.24, 2.45) is 0 Å². The second kappa shape index (κ2) is 9.06. The van der Waals surface area contributed by atoms with E-state index < -0.39 is 11.9 Å². The molecule has 4 rings (SSSR count). The van der Waals surface area contributed by atoms with E-state index in [2.05, 4.69) is 5.10 Å². The zero-order chi connectivity index (χ0) is 22.7. The van der Waals surface area contributed by atoms with Gasteiger partial charge in [0.1, 0.15) is 5.75 Å². The Balaban J connectivity index is 1.40. The van der Waals surface area contributed by atoms with E-state index in [4.69, 9.17) is 4.74 Å². The predicted octanol–water partition coefficient (Wildman–Crippen LogP) is 4.98. The van der Waals surface area contributed by atoms with E-state index in [1.807, 2.05) is 29.2 Å². The van der Waals surface area contributed by atoms with E-state index in [-0.39, 0.29) is 18.4 Å². The van der Waals surface area contributed by atoms with Crippen LogP contribution in [0, 0.1) is 0 Å². The molecule has 0 aliphatic carbocycles. The van der Waals surface area contributed by atoms with Crippen LogP contribution in [0.25, 0.3) is 0 Å². The summed E-state index contributed by atoms with van der Waals surface area (Å²) in [6, 6.07) is 15.9. The molecule has 0 saturated carbocycles. The largest absolute Gasteiger partial charge is 0.497 e. The normalized spacial score (nSPS) is 16.8. The Morgan fingerprint density at radius 1 is 1.09 bits per heavy atom. The van der Waals surface area contributed by atoms with Gasteiger partial charge in [-0.3, -0.25) is 9.48 Å². The average Bonchev–Trinajstić information content (AvgIpc) is 3.28. The van der Waals surface area contributed by atoms with Crippen molar-refractivity contribution in [2.45, 2.75) is 31.5 Å². The van der Waals surface area contributed by atoms with Crippen molar-refractivity contribution < 1.29 is 22.7 Å². The van der Waals surface area contributed by atoms with Gasteiger partial charge < -0.3 is 9.64 Å². The molecule has 168 valence electrons. The van der Waals surface area contributed by atoms with Gasteiger partial charge in [-0.2, -0.15) is 18.3 Å². The van der Waals surface area contributed by atoms with E-state index in [1.54, 1.807) is 31.4 Å². The summed E-state index contributed by atoms with van der Waals surface area (Å²) < 4.78 is 44.6. The number of aromatic nitrogens is 2. The molecule has 0 bridgehead atoms. The number of hydrogen-bond donors (Lipinski definition) is 0. The lowest BCUT2D eigenvalue weighted by molar-refractivity contribution is -0.141. The van der Waals surface area contributed by atoms with Gasteiger partial charge in [0, 0.05) is 30.8 Å². The van der Waals surface area contributed by atoms with Crippen LogP contribution in [0.1, 0.15) is 45.9 Å². The van der Waals surface area contributed by atoms with Crippen molar-refractivity contribution in [3.05, 3.63) is 83.2 Å². The molecule has 2 heterocycles. The van der Waals surface area contributed by atoms with Crippen LogP contribution < -0.4 is 4.74 Å². The molecule has 1 atom stereocenters. The number of methoxy groups -OCH3 is 1. The van der Waals surface area contributed by atoms with Gasteiger partial charge in [0.05, 0.1) is 13.7 Å². The number of piperidine rings is 1. The molecule has 1 aliphatic rings. The monoisotopic (exact) mass is 443 g/mol. The third-order valence-corrected chi connectivity index (χ3v) is 5.77. The second-order valence-corrected chi connectivity index (χ2v) is 7.96. The number of halogens is 3. The highest BCUT2D eigenvalue weighted by Gasteiger charge is 2.33. The van der Waals surface area contributed by atoms with Crippen LogP contribution in [0.2, 0.25) is 0 Å². The number of rotatable bonds is 5. The zero-order valence-corrected chi connectivity index (χ0v) is 17.7. The number of amides is 1. The maximum absolute atomic E-state index is 13.0. The van der Waals surface area contributed by atoms with Crippen molar-refractivity contribution >= 4 is 5.91 Å². The summed E-state index contributed by atoms with van der Waals surface area (Å²) in [5.74, 6) is 1.05. The second-order valence-electron chi connectivity index (χ2n) is 7.96. The molecule has 8 heteroatoms. The first kappa shape index (κ1) is 21.9. The zero-order valence-electron chi connectivity index (χ0n) is 17.7. The van der Waals surface area contributed by atoms with Gasteiger partial charge in [-0.15, -0.1) is 0 Å². The number of alkyl halides is 3. The molecule has 0 N–H and O–H groups in total. The Morgan fingerprint density at radius 3 is 2.44 bits per heavy atom. The first-order valence-electron chi connectivity index (χ1n) is 10.5. The van der Waals surface area contributed by atoms with Crippen molar-refractivity contribution in [1.29, 1.82) is 0 Å². The third-order valence-electron chi connectivity index (χ3n) is 5.77. The van der Waals surface area contributed by atoms with Crippen LogP contribution in [0.3, 0.4) is 0 Å². The van der Waals surface area contributed by atoms with Crippen molar-refractivity contribution in [3.63, 3.8) is 0 Å². The van der Waals surface area contributed by atoms with Gasteiger partial charge in [0.2, 0.25) is 0 Å². The summed E-state index contributed by atoms with van der Waals surface area (Å²) in [5, 5.41) is 3.56. The minimum Gasteiger partial charge on any atom is -0.497 e. The smallest absolute Gasteiger partial charge is 0.435 e. The molecule has 1 aromatic heterocycles. The third kappa shape index (κ3) is 4.95. The van der Waals surface area contributed by atoms with Crippen LogP contribution in [0.15, 0.2) is 60.8 Å². The molecule has 3 aromatic rings. The molecule has 0 radical (unpaired) electrons. The van der Waals surface area contributed by atoms with E-state index >= 15 is 0 Å². The summed E-state index contributed by atoms with van der Waals surface area (Å²) in [6.07, 6.45) is -1.20. The highest BCUT2D eigenvalue weighted by Crippen LogP contribution is 2.29. The fraction of sp³-hybridized carbons (Fsp3) is 0.333. The van der Waals surface area contributed by atoms with Gasteiger partial charge in [-0.1, -0.05) is 24.3 Å². The van der Waals surface area contributed by atoms with Gasteiger partial charge in [0.15, 0.2) is 5.69 Å². The minimum atomic E-state index is -4.46. The highest BCUT2D eigenvalue weighted by molar-refractivity contribution is 5.94. The Hall–Kier alpha value is -3.29. The molecule has 0 spiro atoms. The number of likely N-dealkylation sites (tertiary alicyclic amines) is 1. The van der Waals surface area contributed by atoms with E-state index in [1.165, 1.54) is 16.4 Å². The Kier molecular flexibility index (Phi) is 6.21. The summed E-state index contributed by atoms with van der Waals surface area (Å²) >= 11 is 0. The quantitative estimate of drug-likeness (QED) is 0.559. The number of nitrogens with zero attached hydrogens (tertiary/aromatic N) is 3. The molecule has 32 heavy (non-hydrogen) atoms. The topological polar surface area (TPSA) is 47.4 Å². The van der Waals surface area contributed by atoms with Crippen molar-refractivity contribution in [1.82, 2.24) is 14.7 Å². The van der Waals surface area contributed by atoms with Crippen molar-refractivity contribution in [2.75, 3.05) is 20.2 Å². The van der Waals surface area contributed by atoms with Crippen LogP contribution in [0.4, 0.5) is 13.2 Å². The molecular weight excluding hydrogens is 419 g/mol. The molecule has 1 fully saturated rings. The number of carbonyl (C=O) groups excluding carboxylic acids is 1. The first-order valence-corrected chi connectivity index (χ1v) is 10.5. The SMILES string of the molecule is COc1ccc(C2CCCN(C(=O)c3ccc(Cn4ccc(C(F)(F)F)n4)cc3)C2)cc1. The Labute approximate surface area is 184 Å². The lowest BCUT2D eigenvalue weighted by atomic mass is 9.90. The van der Waals surface area contributed by atoms with Gasteiger partial charge in [0.25, 0.3) is 5.91 Å². The van der Waals surface area contributed by atoms with E-state index in [0.29, 0.717) is 18.7 Å². The first-order chi connectivity index (χ1) is 15.3. The standard InChI is InChI=1S/C24H24F3N3O2/c1-32-21-10-8-18(9-11-21)20-3-2-13-29(16-20)23(31)19-6-4-17(5-7-19)15-30-14-12-22(28-30)24(25,26)27/h4-12,14,20H,2-3,13,15-16H2,1H3. The molecule has 5 nitrogen and oxygen atoms in total. The predicted molar refractivity (Wildman–Crippen MR) is 114 cm³/mol. The lowest BCUT2D eigenvalue weighted by Crippen LogP contribution is -2.39. The maximum Gasteiger partial charge on any atom is 0.435 e. The number of ether oxygens (including phenoxy) is 1. The Bertz CT molecular complexity index is 1060. The number of carbonyl (C=O) groups is 1. The van der Waals surface area contributed by atoms with Gasteiger partial charge in [-0.25, -0.2) is 0 Å². The molecular formula is C24H24F3N3O2.